The lowest BCUT2D eigenvalue weighted by molar-refractivity contribution is -0.129. The number of rotatable bonds is 9. The van der Waals surface area contributed by atoms with Crippen molar-refractivity contribution < 1.29 is 19.5 Å². The third kappa shape index (κ3) is 7.34. The number of nitrogens with one attached hydrogen (secondary N) is 1. The molecule has 0 aliphatic heterocycles. The van der Waals surface area contributed by atoms with E-state index in [1.54, 1.807) is 0 Å². The van der Waals surface area contributed by atoms with Crippen molar-refractivity contribution in [2.75, 3.05) is 11.9 Å². The highest BCUT2D eigenvalue weighted by Gasteiger charge is 2.28. The van der Waals surface area contributed by atoms with Gasteiger partial charge in [0.05, 0.1) is 11.4 Å². The summed E-state index contributed by atoms with van der Waals surface area (Å²) in [6.07, 6.45) is 4.92. The number of carbonyl (C=O) groups excluding carboxylic acids is 2. The number of amides is 2. The van der Waals surface area contributed by atoms with Crippen molar-refractivity contribution in [3.8, 4) is 0 Å². The summed E-state index contributed by atoms with van der Waals surface area (Å²) in [4.78, 5) is 37.1. The third-order valence-corrected chi connectivity index (χ3v) is 5.28. The first-order valence-electron chi connectivity index (χ1n) is 9.06. The van der Waals surface area contributed by atoms with Crippen LogP contribution in [0.1, 0.15) is 65.7 Å². The summed E-state index contributed by atoms with van der Waals surface area (Å²) in [5.41, 5.74) is -0.451. The van der Waals surface area contributed by atoms with Crippen LogP contribution in [0.5, 0.6) is 0 Å². The van der Waals surface area contributed by atoms with Gasteiger partial charge in [-0.05, 0) is 52.9 Å². The molecule has 144 valence electrons. The maximum Gasteiger partial charge on any atom is 0.407 e. The molecule has 0 heterocycles. The zero-order chi connectivity index (χ0) is 19.0. The minimum atomic E-state index is -0.935. The standard InChI is InChI=1S/C18H31BrN2O4/c1-18(2,3)21(17(24)25)11-7-6-10-14(15(22)12-19)20-16(23)13-8-4-5-9-13/h13-14H,4-12H2,1-3H3,(H,20,23)(H,24,25)/t14-/m0/s1. The Morgan fingerprint density at radius 2 is 1.80 bits per heavy atom. The minimum absolute atomic E-state index is 0.0151. The Balaban J connectivity index is 2.49. The van der Waals surface area contributed by atoms with Crippen molar-refractivity contribution in [1.82, 2.24) is 10.2 Å². The predicted molar refractivity (Wildman–Crippen MR) is 101 cm³/mol. The van der Waals surface area contributed by atoms with Gasteiger partial charge in [0, 0.05) is 18.0 Å². The Labute approximate surface area is 158 Å². The topological polar surface area (TPSA) is 86.7 Å². The van der Waals surface area contributed by atoms with Crippen LogP contribution in [0.15, 0.2) is 0 Å². The quantitative estimate of drug-likeness (QED) is 0.442. The van der Waals surface area contributed by atoms with Gasteiger partial charge in [0.2, 0.25) is 5.91 Å². The molecule has 0 spiro atoms. The van der Waals surface area contributed by atoms with Gasteiger partial charge in [-0.3, -0.25) is 9.59 Å². The van der Waals surface area contributed by atoms with E-state index in [9.17, 15) is 19.5 Å². The molecule has 1 saturated carbocycles. The van der Waals surface area contributed by atoms with E-state index in [2.05, 4.69) is 21.2 Å². The summed E-state index contributed by atoms with van der Waals surface area (Å²) in [6, 6.07) is -0.486. The Kier molecular flexibility index (Phi) is 8.89. The van der Waals surface area contributed by atoms with Crippen molar-refractivity contribution in [2.45, 2.75) is 77.3 Å². The number of unbranched alkanes of at least 4 members (excludes halogenated alkanes) is 1. The van der Waals surface area contributed by atoms with Crippen molar-refractivity contribution in [1.29, 1.82) is 0 Å². The summed E-state index contributed by atoms with van der Waals surface area (Å²) >= 11 is 3.18. The Hall–Kier alpha value is -1.11. The fraction of sp³-hybridized carbons (Fsp3) is 0.833. The molecule has 6 nitrogen and oxygen atoms in total. The number of hydrogen-bond donors (Lipinski definition) is 2. The normalized spacial score (nSPS) is 16.5. The fourth-order valence-corrected chi connectivity index (χ4v) is 3.61. The van der Waals surface area contributed by atoms with Gasteiger partial charge in [-0.25, -0.2) is 4.79 Å². The largest absolute Gasteiger partial charge is 0.465 e. The SMILES string of the molecule is CC(C)(C)N(CCCC[C@H](NC(=O)C1CCCC1)C(=O)CBr)C(=O)O. The summed E-state index contributed by atoms with van der Waals surface area (Å²) in [5.74, 6) is -0.00932. The van der Waals surface area contributed by atoms with Crippen LogP contribution in [0.4, 0.5) is 4.79 Å². The van der Waals surface area contributed by atoms with Gasteiger partial charge in [0.25, 0.3) is 0 Å². The molecule has 2 amide bonds. The predicted octanol–water partition coefficient (Wildman–Crippen LogP) is 3.57. The summed E-state index contributed by atoms with van der Waals surface area (Å²) in [6.45, 7) is 6.00. The molecular formula is C18H31BrN2O4. The van der Waals surface area contributed by atoms with Crippen molar-refractivity contribution in [3.63, 3.8) is 0 Å². The summed E-state index contributed by atoms with van der Waals surface area (Å²) < 4.78 is 0. The number of Topliss-reactive ketones (excluding diaryl/α,β-unsaturated/α-hetero) is 1. The van der Waals surface area contributed by atoms with E-state index in [0.29, 0.717) is 25.8 Å². The molecule has 0 unspecified atom stereocenters. The lowest BCUT2D eigenvalue weighted by Crippen LogP contribution is -2.46. The molecule has 1 rings (SSSR count). The van der Waals surface area contributed by atoms with Crippen LogP contribution in [-0.4, -0.2) is 51.2 Å². The van der Waals surface area contributed by atoms with E-state index >= 15 is 0 Å². The van der Waals surface area contributed by atoms with Crippen LogP contribution in [0.25, 0.3) is 0 Å². The number of halogens is 1. The second-order valence-corrected chi connectivity index (χ2v) is 8.30. The highest BCUT2D eigenvalue weighted by atomic mass is 79.9. The lowest BCUT2D eigenvalue weighted by atomic mass is 10.0. The van der Waals surface area contributed by atoms with Crippen LogP contribution in [0.2, 0.25) is 0 Å². The van der Waals surface area contributed by atoms with E-state index in [0.717, 1.165) is 25.7 Å². The number of carbonyl (C=O) groups is 3. The molecule has 0 saturated heterocycles. The van der Waals surface area contributed by atoms with E-state index in [1.807, 2.05) is 20.8 Å². The Bertz CT molecular complexity index is 470. The molecule has 1 aliphatic rings. The number of ketones is 1. The van der Waals surface area contributed by atoms with Gasteiger partial charge in [0.15, 0.2) is 5.78 Å². The van der Waals surface area contributed by atoms with Gasteiger partial charge < -0.3 is 15.3 Å². The fourth-order valence-electron chi connectivity index (χ4n) is 3.22. The lowest BCUT2D eigenvalue weighted by Gasteiger charge is -2.33. The molecule has 0 aromatic rings. The molecule has 0 aromatic heterocycles. The van der Waals surface area contributed by atoms with Gasteiger partial charge >= 0.3 is 6.09 Å². The first kappa shape index (κ1) is 21.9. The van der Waals surface area contributed by atoms with Crippen LogP contribution >= 0.6 is 15.9 Å². The van der Waals surface area contributed by atoms with Crippen molar-refractivity contribution in [2.24, 2.45) is 5.92 Å². The third-order valence-electron chi connectivity index (χ3n) is 4.73. The van der Waals surface area contributed by atoms with E-state index in [4.69, 9.17) is 0 Å². The number of nitrogens with zero attached hydrogens (tertiary/aromatic N) is 1. The Morgan fingerprint density at radius 3 is 2.28 bits per heavy atom. The monoisotopic (exact) mass is 418 g/mol. The highest BCUT2D eigenvalue weighted by Crippen LogP contribution is 2.25. The summed E-state index contributed by atoms with van der Waals surface area (Å²) in [7, 11) is 0. The molecule has 0 aromatic carbocycles. The number of hydrogen-bond acceptors (Lipinski definition) is 3. The molecule has 1 fully saturated rings. The zero-order valence-corrected chi connectivity index (χ0v) is 17.1. The maximum absolute atomic E-state index is 12.3. The molecular weight excluding hydrogens is 388 g/mol. The smallest absolute Gasteiger partial charge is 0.407 e. The Morgan fingerprint density at radius 1 is 1.20 bits per heavy atom. The molecule has 2 N–H and O–H groups in total. The van der Waals surface area contributed by atoms with Crippen LogP contribution in [0, 0.1) is 5.92 Å². The van der Waals surface area contributed by atoms with E-state index < -0.39 is 17.7 Å². The average Bonchev–Trinajstić information content (AvgIpc) is 3.05. The van der Waals surface area contributed by atoms with Gasteiger partial charge in [-0.2, -0.15) is 0 Å². The van der Waals surface area contributed by atoms with Gasteiger partial charge in [0.1, 0.15) is 0 Å². The highest BCUT2D eigenvalue weighted by molar-refractivity contribution is 9.09. The van der Waals surface area contributed by atoms with Gasteiger partial charge in [-0.15, -0.1) is 0 Å². The van der Waals surface area contributed by atoms with Gasteiger partial charge in [-0.1, -0.05) is 28.8 Å². The second-order valence-electron chi connectivity index (χ2n) is 7.74. The van der Waals surface area contributed by atoms with E-state index in [1.165, 1.54) is 4.90 Å². The first-order valence-corrected chi connectivity index (χ1v) is 10.2. The minimum Gasteiger partial charge on any atom is -0.465 e. The van der Waals surface area contributed by atoms with Crippen molar-refractivity contribution in [3.05, 3.63) is 0 Å². The molecule has 25 heavy (non-hydrogen) atoms. The first-order chi connectivity index (χ1) is 11.7. The molecule has 1 aliphatic carbocycles. The molecule has 0 radical (unpaired) electrons. The summed E-state index contributed by atoms with van der Waals surface area (Å²) in [5, 5.41) is 12.4. The average molecular weight is 419 g/mol. The maximum atomic E-state index is 12.3. The second kappa shape index (κ2) is 10.1. The molecule has 0 bridgehead atoms. The van der Waals surface area contributed by atoms with E-state index in [-0.39, 0.29) is 22.9 Å². The zero-order valence-electron chi connectivity index (χ0n) is 15.5. The number of alkyl halides is 1. The van der Waals surface area contributed by atoms with Crippen LogP contribution in [-0.2, 0) is 9.59 Å². The molecule has 7 heteroatoms. The van der Waals surface area contributed by atoms with Crippen molar-refractivity contribution >= 4 is 33.7 Å². The van der Waals surface area contributed by atoms with Crippen LogP contribution in [0.3, 0.4) is 0 Å². The van der Waals surface area contributed by atoms with Crippen LogP contribution < -0.4 is 5.32 Å². The number of carboxylic acid groups (broad SMARTS) is 1. The molecule has 1 atom stereocenters.